The first-order chi connectivity index (χ1) is 13.8. The standard InChI is InChI=1S/C18H18ClF3N4O3S/c1-17(8-30(28,29)18(2,22)16(23)26-17)11-6-10(3-4-12(11)20)25-15(27)14-13(21)5-9(19)7-24-14/h3-7,28-29H,8H2,1-2H3,(H2,23,26)(H,25,27)/t17-,18+/m0/s1. The molecule has 0 bridgehead atoms. The lowest BCUT2D eigenvalue weighted by molar-refractivity contribution is 0.101. The van der Waals surface area contributed by atoms with Gasteiger partial charge in [-0.25, -0.2) is 18.2 Å². The van der Waals surface area contributed by atoms with Crippen LogP contribution in [-0.2, 0) is 5.54 Å². The van der Waals surface area contributed by atoms with Gasteiger partial charge in [0.15, 0.2) is 17.3 Å². The van der Waals surface area contributed by atoms with Gasteiger partial charge in [-0.2, -0.15) is 10.6 Å². The number of hydrogen-bond donors (Lipinski definition) is 4. The molecule has 1 amide bonds. The van der Waals surface area contributed by atoms with Gasteiger partial charge >= 0.3 is 0 Å². The van der Waals surface area contributed by atoms with Gasteiger partial charge in [-0.15, -0.1) is 0 Å². The highest BCUT2D eigenvalue weighted by molar-refractivity contribution is 8.26. The molecule has 0 saturated carbocycles. The molecule has 0 unspecified atom stereocenters. The van der Waals surface area contributed by atoms with E-state index in [0.29, 0.717) is 0 Å². The predicted octanol–water partition coefficient (Wildman–Crippen LogP) is 4.29. The van der Waals surface area contributed by atoms with Crippen LogP contribution >= 0.6 is 22.2 Å². The SMILES string of the molecule is C[C@]1(F)C(N)=N[C@](C)(c2cc(NC(=O)c3ncc(Cl)cc3F)ccc2F)CS1(O)O. The molecule has 2 atom stereocenters. The lowest BCUT2D eigenvalue weighted by Crippen LogP contribution is -2.51. The van der Waals surface area contributed by atoms with Gasteiger partial charge in [0.05, 0.1) is 10.8 Å². The van der Waals surface area contributed by atoms with Crippen molar-refractivity contribution < 1.29 is 27.1 Å². The summed E-state index contributed by atoms with van der Waals surface area (Å²) in [5.41, 5.74) is 3.33. The number of hydrogen-bond acceptors (Lipinski definition) is 6. The number of amidine groups is 1. The van der Waals surface area contributed by atoms with Gasteiger partial charge in [0.2, 0.25) is 0 Å². The third kappa shape index (κ3) is 3.85. The summed E-state index contributed by atoms with van der Waals surface area (Å²) < 4.78 is 63.5. The number of nitrogens with two attached hydrogens (primary N) is 1. The number of nitrogens with one attached hydrogen (secondary N) is 1. The molecule has 2 aromatic rings. The smallest absolute Gasteiger partial charge is 0.277 e. The molecule has 1 aliphatic rings. The predicted molar refractivity (Wildman–Crippen MR) is 110 cm³/mol. The van der Waals surface area contributed by atoms with Crippen LogP contribution in [0.1, 0.15) is 29.9 Å². The third-order valence-corrected chi connectivity index (χ3v) is 7.36. The van der Waals surface area contributed by atoms with E-state index < -0.39 is 56.0 Å². The van der Waals surface area contributed by atoms with Crippen LogP contribution in [0.2, 0.25) is 5.02 Å². The van der Waals surface area contributed by atoms with Gasteiger partial charge in [-0.05, 0) is 38.1 Å². The molecule has 5 N–H and O–H groups in total. The lowest BCUT2D eigenvalue weighted by atomic mass is 9.93. The molecule has 1 aromatic heterocycles. The third-order valence-electron chi connectivity index (χ3n) is 4.75. The maximum absolute atomic E-state index is 14.6. The molecule has 30 heavy (non-hydrogen) atoms. The minimum atomic E-state index is -3.92. The highest BCUT2D eigenvalue weighted by Gasteiger charge is 2.52. The fourth-order valence-electron chi connectivity index (χ4n) is 3.02. The maximum atomic E-state index is 14.6. The Morgan fingerprint density at radius 1 is 1.27 bits per heavy atom. The van der Waals surface area contributed by atoms with Gasteiger partial charge in [0.1, 0.15) is 11.4 Å². The van der Waals surface area contributed by atoms with Crippen LogP contribution in [0.5, 0.6) is 0 Å². The number of aliphatic imine (C=N–C) groups is 1. The molecule has 162 valence electrons. The molecule has 1 aliphatic heterocycles. The van der Waals surface area contributed by atoms with Crippen molar-refractivity contribution >= 4 is 39.6 Å². The van der Waals surface area contributed by atoms with Crippen molar-refractivity contribution in [2.75, 3.05) is 11.1 Å². The van der Waals surface area contributed by atoms with Crippen LogP contribution in [0.25, 0.3) is 0 Å². The summed E-state index contributed by atoms with van der Waals surface area (Å²) in [6.45, 7) is 2.25. The number of pyridine rings is 1. The maximum Gasteiger partial charge on any atom is 0.277 e. The van der Waals surface area contributed by atoms with E-state index in [1.165, 1.54) is 19.1 Å². The number of amides is 1. The fraction of sp³-hybridized carbons (Fsp3) is 0.278. The van der Waals surface area contributed by atoms with Crippen LogP contribution in [0.15, 0.2) is 35.5 Å². The molecular weight excluding hydrogens is 445 g/mol. The number of nitrogens with zero attached hydrogens (tertiary/aromatic N) is 2. The zero-order chi connectivity index (χ0) is 22.5. The Hall–Kier alpha value is -2.34. The summed E-state index contributed by atoms with van der Waals surface area (Å²) in [7, 11) is -3.92. The van der Waals surface area contributed by atoms with Gasteiger partial charge in [0, 0.05) is 17.4 Å². The largest absolute Gasteiger partial charge is 0.383 e. The van der Waals surface area contributed by atoms with Gasteiger partial charge < -0.3 is 11.1 Å². The lowest BCUT2D eigenvalue weighted by Gasteiger charge is -2.50. The van der Waals surface area contributed by atoms with Crippen LogP contribution in [0.3, 0.4) is 0 Å². The van der Waals surface area contributed by atoms with E-state index in [4.69, 9.17) is 17.3 Å². The number of alkyl halides is 1. The minimum Gasteiger partial charge on any atom is -0.383 e. The summed E-state index contributed by atoms with van der Waals surface area (Å²) in [5.74, 6) is -3.97. The Labute approximate surface area is 176 Å². The molecule has 7 nitrogen and oxygen atoms in total. The Balaban J connectivity index is 1.98. The number of carbonyl (C=O) groups excluding carboxylic acids is 1. The Bertz CT molecular complexity index is 1070. The number of halogens is 4. The second-order valence-electron chi connectivity index (χ2n) is 7.13. The molecule has 3 rings (SSSR count). The van der Waals surface area contributed by atoms with Crippen molar-refractivity contribution in [2.45, 2.75) is 24.4 Å². The second kappa shape index (κ2) is 7.41. The van der Waals surface area contributed by atoms with E-state index in [1.54, 1.807) is 0 Å². The number of aromatic nitrogens is 1. The molecular formula is C18H18ClF3N4O3S. The van der Waals surface area contributed by atoms with Crippen LogP contribution in [0, 0.1) is 11.6 Å². The first-order valence-corrected chi connectivity index (χ1v) is 10.6. The average Bonchev–Trinajstić information content (AvgIpc) is 2.61. The van der Waals surface area contributed by atoms with E-state index in [9.17, 15) is 27.1 Å². The fourth-order valence-corrected chi connectivity index (χ4v) is 4.82. The van der Waals surface area contributed by atoms with E-state index in [1.807, 2.05) is 0 Å². The molecule has 0 aliphatic carbocycles. The topological polar surface area (TPSA) is 121 Å². The monoisotopic (exact) mass is 462 g/mol. The number of rotatable bonds is 3. The second-order valence-corrected chi connectivity index (χ2v) is 9.96. The van der Waals surface area contributed by atoms with E-state index >= 15 is 0 Å². The zero-order valence-electron chi connectivity index (χ0n) is 15.8. The summed E-state index contributed by atoms with van der Waals surface area (Å²) in [4.78, 5) is 19.9. The molecule has 2 heterocycles. The molecule has 0 spiro atoms. The zero-order valence-corrected chi connectivity index (χ0v) is 17.4. The van der Waals surface area contributed by atoms with Crippen molar-refractivity contribution in [1.29, 1.82) is 0 Å². The first-order valence-electron chi connectivity index (χ1n) is 8.49. The molecule has 12 heteroatoms. The molecule has 0 radical (unpaired) electrons. The Morgan fingerprint density at radius 3 is 2.53 bits per heavy atom. The normalized spacial score (nSPS) is 26.6. The van der Waals surface area contributed by atoms with Crippen LogP contribution < -0.4 is 11.1 Å². The summed E-state index contributed by atoms with van der Waals surface area (Å²) in [6.07, 6.45) is 1.09. The summed E-state index contributed by atoms with van der Waals surface area (Å²) in [6, 6.07) is 4.30. The van der Waals surface area contributed by atoms with Crippen molar-refractivity contribution in [3.8, 4) is 0 Å². The van der Waals surface area contributed by atoms with E-state index in [-0.39, 0.29) is 16.3 Å². The highest BCUT2D eigenvalue weighted by Crippen LogP contribution is 2.60. The molecule has 1 aromatic carbocycles. The van der Waals surface area contributed by atoms with Crippen molar-refractivity contribution in [2.24, 2.45) is 10.7 Å². The van der Waals surface area contributed by atoms with Crippen LogP contribution in [-0.4, -0.2) is 36.6 Å². The number of benzene rings is 1. The first kappa shape index (κ1) is 22.3. The molecule has 0 fully saturated rings. The number of carbonyl (C=O) groups is 1. The van der Waals surface area contributed by atoms with E-state index in [0.717, 1.165) is 25.3 Å². The number of anilines is 1. The summed E-state index contributed by atoms with van der Waals surface area (Å²) >= 11 is 5.61. The van der Waals surface area contributed by atoms with E-state index in [2.05, 4.69) is 15.3 Å². The Morgan fingerprint density at radius 2 is 1.93 bits per heavy atom. The van der Waals surface area contributed by atoms with Gasteiger partial charge in [-0.1, -0.05) is 11.6 Å². The highest BCUT2D eigenvalue weighted by atomic mass is 35.5. The van der Waals surface area contributed by atoms with Crippen molar-refractivity contribution in [3.05, 3.63) is 58.4 Å². The average molecular weight is 463 g/mol. The summed E-state index contributed by atoms with van der Waals surface area (Å²) in [5, 5.41) is -0.286. The van der Waals surface area contributed by atoms with Crippen molar-refractivity contribution in [3.63, 3.8) is 0 Å². The van der Waals surface area contributed by atoms with Gasteiger partial charge in [-0.3, -0.25) is 18.9 Å². The van der Waals surface area contributed by atoms with Gasteiger partial charge in [0.25, 0.3) is 10.9 Å². The molecule has 0 saturated heterocycles. The van der Waals surface area contributed by atoms with Crippen molar-refractivity contribution in [1.82, 2.24) is 4.98 Å². The Kier molecular flexibility index (Phi) is 5.52. The minimum absolute atomic E-state index is 0.00708. The van der Waals surface area contributed by atoms with Crippen LogP contribution in [0.4, 0.5) is 18.9 Å². The quantitative estimate of drug-likeness (QED) is 0.542.